The van der Waals surface area contributed by atoms with Gasteiger partial charge < -0.3 is 10.6 Å². The van der Waals surface area contributed by atoms with E-state index in [4.69, 9.17) is 11.6 Å². The van der Waals surface area contributed by atoms with E-state index in [0.29, 0.717) is 17.3 Å². The molecule has 0 bridgehead atoms. The molecule has 0 atom stereocenters. The molecule has 1 rings (SSSR count). The molecule has 0 unspecified atom stereocenters. The molecule has 18 heavy (non-hydrogen) atoms. The number of benzene rings is 1. The second kappa shape index (κ2) is 7.01. The Hall–Kier alpha value is -1.55. The van der Waals surface area contributed by atoms with Gasteiger partial charge in [-0.05, 0) is 31.0 Å². The van der Waals surface area contributed by atoms with Gasteiger partial charge in [0.2, 0.25) is 11.8 Å². The fourth-order valence-electron chi connectivity index (χ4n) is 1.40. The Morgan fingerprint density at radius 1 is 1.28 bits per heavy atom. The van der Waals surface area contributed by atoms with Gasteiger partial charge in [0.05, 0.1) is 0 Å². The van der Waals surface area contributed by atoms with Crippen molar-refractivity contribution in [2.45, 2.75) is 26.7 Å². The van der Waals surface area contributed by atoms with E-state index in [1.165, 1.54) is 0 Å². The van der Waals surface area contributed by atoms with Crippen molar-refractivity contribution >= 4 is 29.1 Å². The first-order valence-electron chi connectivity index (χ1n) is 5.85. The zero-order valence-electron chi connectivity index (χ0n) is 10.5. The van der Waals surface area contributed by atoms with E-state index in [2.05, 4.69) is 10.6 Å². The zero-order chi connectivity index (χ0) is 13.5. The monoisotopic (exact) mass is 268 g/mol. The van der Waals surface area contributed by atoms with Crippen LogP contribution in [-0.2, 0) is 9.59 Å². The first-order chi connectivity index (χ1) is 8.52. The lowest BCUT2D eigenvalue weighted by Crippen LogP contribution is -2.28. The van der Waals surface area contributed by atoms with Crippen LogP contribution in [0.25, 0.3) is 0 Å². The summed E-state index contributed by atoms with van der Waals surface area (Å²) in [6.07, 6.45) is 0.673. The minimum Gasteiger partial charge on any atom is -0.356 e. The lowest BCUT2D eigenvalue weighted by molar-refractivity contribution is -0.126. The van der Waals surface area contributed by atoms with Crippen LogP contribution in [0.4, 0.5) is 5.69 Å². The number of nitrogens with one attached hydrogen (secondary N) is 2. The SMILES string of the molecule is CCCNC(=O)CC(=O)Nc1cc(Cl)ccc1C. The van der Waals surface area contributed by atoms with Crippen LogP contribution >= 0.6 is 11.6 Å². The molecule has 0 heterocycles. The van der Waals surface area contributed by atoms with Crippen molar-refractivity contribution in [3.8, 4) is 0 Å². The average molecular weight is 269 g/mol. The zero-order valence-corrected chi connectivity index (χ0v) is 11.3. The maximum Gasteiger partial charge on any atom is 0.233 e. The Balaban J connectivity index is 2.54. The number of hydrogen-bond donors (Lipinski definition) is 2. The van der Waals surface area contributed by atoms with Crippen molar-refractivity contribution in [2.24, 2.45) is 0 Å². The van der Waals surface area contributed by atoms with Crippen molar-refractivity contribution in [1.82, 2.24) is 5.32 Å². The van der Waals surface area contributed by atoms with E-state index < -0.39 is 0 Å². The first-order valence-corrected chi connectivity index (χ1v) is 6.23. The van der Waals surface area contributed by atoms with E-state index in [-0.39, 0.29) is 18.2 Å². The van der Waals surface area contributed by atoms with Gasteiger partial charge >= 0.3 is 0 Å². The van der Waals surface area contributed by atoms with Crippen molar-refractivity contribution in [3.05, 3.63) is 28.8 Å². The summed E-state index contributed by atoms with van der Waals surface area (Å²) in [7, 11) is 0. The summed E-state index contributed by atoms with van der Waals surface area (Å²) < 4.78 is 0. The van der Waals surface area contributed by atoms with Gasteiger partial charge in [-0.15, -0.1) is 0 Å². The second-order valence-electron chi connectivity index (χ2n) is 4.03. The summed E-state index contributed by atoms with van der Waals surface area (Å²) in [5, 5.41) is 5.87. The molecule has 98 valence electrons. The Bertz CT molecular complexity index is 447. The van der Waals surface area contributed by atoms with Gasteiger partial charge in [0.25, 0.3) is 0 Å². The molecule has 2 amide bonds. The first kappa shape index (κ1) is 14.5. The van der Waals surface area contributed by atoms with Crippen LogP contribution < -0.4 is 10.6 Å². The Labute approximate surface area is 112 Å². The maximum absolute atomic E-state index is 11.6. The number of carbonyl (C=O) groups is 2. The highest BCUT2D eigenvalue weighted by atomic mass is 35.5. The number of anilines is 1. The Morgan fingerprint density at radius 2 is 2.00 bits per heavy atom. The van der Waals surface area contributed by atoms with Crippen LogP contribution in [0.1, 0.15) is 25.3 Å². The molecule has 1 aromatic carbocycles. The van der Waals surface area contributed by atoms with Crippen LogP contribution in [0, 0.1) is 6.92 Å². The fourth-order valence-corrected chi connectivity index (χ4v) is 1.57. The molecule has 0 aliphatic carbocycles. The predicted molar refractivity (Wildman–Crippen MR) is 72.7 cm³/mol. The van der Waals surface area contributed by atoms with Crippen molar-refractivity contribution in [2.75, 3.05) is 11.9 Å². The van der Waals surface area contributed by atoms with Crippen LogP contribution in [0.2, 0.25) is 5.02 Å². The molecule has 1 aromatic rings. The quantitative estimate of drug-likeness (QED) is 0.806. The second-order valence-corrected chi connectivity index (χ2v) is 4.47. The molecule has 0 aromatic heterocycles. The highest BCUT2D eigenvalue weighted by molar-refractivity contribution is 6.31. The van der Waals surface area contributed by atoms with Gasteiger partial charge in [-0.2, -0.15) is 0 Å². The van der Waals surface area contributed by atoms with Crippen LogP contribution in [-0.4, -0.2) is 18.4 Å². The molecule has 2 N–H and O–H groups in total. The molecule has 0 saturated carbocycles. The van der Waals surface area contributed by atoms with Crippen molar-refractivity contribution < 1.29 is 9.59 Å². The summed E-state index contributed by atoms with van der Waals surface area (Å²) in [6.45, 7) is 4.40. The third kappa shape index (κ3) is 4.75. The number of rotatable bonds is 5. The number of amides is 2. The molecule has 0 aliphatic heterocycles. The molecule has 5 heteroatoms. The Morgan fingerprint density at radius 3 is 2.67 bits per heavy atom. The smallest absolute Gasteiger partial charge is 0.233 e. The van der Waals surface area contributed by atoms with Crippen molar-refractivity contribution in [3.63, 3.8) is 0 Å². The minimum absolute atomic E-state index is 0.175. The fraction of sp³-hybridized carbons (Fsp3) is 0.385. The van der Waals surface area contributed by atoms with Gasteiger partial charge in [-0.3, -0.25) is 9.59 Å². The summed E-state index contributed by atoms with van der Waals surface area (Å²) in [4.78, 5) is 23.0. The maximum atomic E-state index is 11.6. The van der Waals surface area contributed by atoms with E-state index in [0.717, 1.165) is 12.0 Å². The number of hydrogen-bond acceptors (Lipinski definition) is 2. The van der Waals surface area contributed by atoms with Gasteiger partial charge in [0, 0.05) is 17.3 Å². The summed E-state index contributed by atoms with van der Waals surface area (Å²) in [5.74, 6) is -0.608. The summed E-state index contributed by atoms with van der Waals surface area (Å²) >= 11 is 5.84. The van der Waals surface area contributed by atoms with Gasteiger partial charge in [-0.25, -0.2) is 0 Å². The summed E-state index contributed by atoms with van der Waals surface area (Å²) in [5.41, 5.74) is 1.54. The van der Waals surface area contributed by atoms with Crippen molar-refractivity contribution in [1.29, 1.82) is 0 Å². The lowest BCUT2D eigenvalue weighted by Gasteiger charge is -2.08. The third-order valence-corrected chi connectivity index (χ3v) is 2.60. The van der Waals surface area contributed by atoms with Gasteiger partial charge in [-0.1, -0.05) is 24.6 Å². The number of halogens is 1. The third-order valence-electron chi connectivity index (χ3n) is 2.37. The molecule has 0 spiro atoms. The van der Waals surface area contributed by atoms with Gasteiger partial charge in [0.15, 0.2) is 0 Å². The molecule has 0 aliphatic rings. The van der Waals surface area contributed by atoms with Crippen LogP contribution in [0.3, 0.4) is 0 Å². The van der Waals surface area contributed by atoms with E-state index in [1.807, 2.05) is 19.9 Å². The summed E-state index contributed by atoms with van der Waals surface area (Å²) in [6, 6.07) is 5.23. The van der Waals surface area contributed by atoms with Crippen LogP contribution in [0.15, 0.2) is 18.2 Å². The minimum atomic E-state index is -0.339. The molecule has 4 nitrogen and oxygen atoms in total. The number of aryl methyl sites for hydroxylation is 1. The normalized spacial score (nSPS) is 9.94. The molecule has 0 radical (unpaired) electrons. The molecule has 0 fully saturated rings. The predicted octanol–water partition coefficient (Wildman–Crippen LogP) is 2.50. The van der Waals surface area contributed by atoms with E-state index in [1.54, 1.807) is 12.1 Å². The molecule has 0 saturated heterocycles. The van der Waals surface area contributed by atoms with E-state index in [9.17, 15) is 9.59 Å². The number of carbonyl (C=O) groups excluding carboxylic acids is 2. The highest BCUT2D eigenvalue weighted by Crippen LogP contribution is 2.20. The Kier molecular flexibility index (Phi) is 5.65. The van der Waals surface area contributed by atoms with E-state index >= 15 is 0 Å². The standard InChI is InChI=1S/C13H17ClN2O2/c1-3-6-15-12(17)8-13(18)16-11-7-10(14)5-4-9(11)2/h4-5,7H,3,6,8H2,1-2H3,(H,15,17)(H,16,18). The molecular formula is C13H17ClN2O2. The molecular weight excluding hydrogens is 252 g/mol. The van der Waals surface area contributed by atoms with Gasteiger partial charge in [0.1, 0.15) is 6.42 Å². The highest BCUT2D eigenvalue weighted by Gasteiger charge is 2.10. The lowest BCUT2D eigenvalue weighted by atomic mass is 10.2. The largest absolute Gasteiger partial charge is 0.356 e. The average Bonchev–Trinajstić information content (AvgIpc) is 2.31. The topological polar surface area (TPSA) is 58.2 Å². The van der Waals surface area contributed by atoms with Crippen LogP contribution in [0.5, 0.6) is 0 Å².